The molecule has 1 aromatic heterocycles. The third kappa shape index (κ3) is 4.57. The highest BCUT2D eigenvalue weighted by molar-refractivity contribution is 9.10. The van der Waals surface area contributed by atoms with E-state index in [1.807, 2.05) is 31.2 Å². The molecule has 2 rings (SSSR count). The lowest BCUT2D eigenvalue weighted by molar-refractivity contribution is -0.127. The van der Waals surface area contributed by atoms with E-state index in [1.165, 1.54) is 11.8 Å². The Labute approximate surface area is 136 Å². The van der Waals surface area contributed by atoms with E-state index >= 15 is 0 Å². The lowest BCUT2D eigenvalue weighted by Crippen LogP contribution is -2.27. The van der Waals surface area contributed by atoms with Crippen molar-refractivity contribution in [2.45, 2.75) is 25.0 Å². The van der Waals surface area contributed by atoms with Crippen molar-refractivity contribution in [1.29, 1.82) is 0 Å². The Morgan fingerprint density at radius 2 is 2.19 bits per heavy atom. The smallest absolute Gasteiger partial charge is 0.233 e. The van der Waals surface area contributed by atoms with Gasteiger partial charge < -0.3 is 4.90 Å². The fraction of sp³-hybridized carbons (Fsp3) is 0.357. The molecule has 5 nitrogen and oxygen atoms in total. The third-order valence-corrected chi connectivity index (χ3v) is 4.57. The van der Waals surface area contributed by atoms with Gasteiger partial charge in [0.05, 0.1) is 5.75 Å². The number of hydrogen-bond donors (Lipinski definition) is 1. The second kappa shape index (κ2) is 7.61. The maximum absolute atomic E-state index is 12.1. The first-order valence-corrected chi connectivity index (χ1v) is 8.39. The fourth-order valence-electron chi connectivity index (χ4n) is 1.71. The summed E-state index contributed by atoms with van der Waals surface area (Å²) < 4.78 is 1.01. The van der Waals surface area contributed by atoms with Crippen LogP contribution in [0.2, 0.25) is 0 Å². The minimum Gasteiger partial charge on any atom is -0.341 e. The molecule has 0 radical (unpaired) electrons. The van der Waals surface area contributed by atoms with Crippen molar-refractivity contribution in [3.05, 3.63) is 40.1 Å². The van der Waals surface area contributed by atoms with Crippen molar-refractivity contribution in [2.24, 2.45) is 0 Å². The number of H-pyrrole nitrogens is 1. The molecule has 0 unspecified atom stereocenters. The minimum absolute atomic E-state index is 0.0543. The standard InChI is InChI=1S/C14H17BrN4OS/c1-3-12-16-14(18-17-12)21-9-13(20)19(2)8-10-6-4-5-7-11(10)15/h4-7H,3,8-9H2,1-2H3,(H,16,17,18). The number of benzene rings is 1. The van der Waals surface area contributed by atoms with Crippen LogP contribution in [0.25, 0.3) is 0 Å². The average molecular weight is 369 g/mol. The molecule has 21 heavy (non-hydrogen) atoms. The second-order valence-corrected chi connectivity index (χ2v) is 6.34. The largest absolute Gasteiger partial charge is 0.341 e. The lowest BCUT2D eigenvalue weighted by atomic mass is 10.2. The quantitative estimate of drug-likeness (QED) is 0.796. The maximum Gasteiger partial charge on any atom is 0.233 e. The zero-order chi connectivity index (χ0) is 15.2. The molecule has 0 aliphatic rings. The number of nitrogens with one attached hydrogen (secondary N) is 1. The summed E-state index contributed by atoms with van der Waals surface area (Å²) in [4.78, 5) is 18.1. The molecule has 0 fully saturated rings. The van der Waals surface area contributed by atoms with Crippen LogP contribution >= 0.6 is 27.7 Å². The first-order valence-electron chi connectivity index (χ1n) is 6.61. The Morgan fingerprint density at radius 3 is 2.86 bits per heavy atom. The Morgan fingerprint density at radius 1 is 1.43 bits per heavy atom. The van der Waals surface area contributed by atoms with Gasteiger partial charge in [-0.1, -0.05) is 52.8 Å². The van der Waals surface area contributed by atoms with Crippen LogP contribution in [0.5, 0.6) is 0 Å². The average Bonchev–Trinajstić information content (AvgIpc) is 2.95. The molecule has 0 saturated carbocycles. The van der Waals surface area contributed by atoms with Crippen LogP contribution in [0.3, 0.4) is 0 Å². The van der Waals surface area contributed by atoms with E-state index in [4.69, 9.17) is 0 Å². The highest BCUT2D eigenvalue weighted by Crippen LogP contribution is 2.18. The molecule has 0 bridgehead atoms. The van der Waals surface area contributed by atoms with Gasteiger partial charge in [-0.05, 0) is 11.6 Å². The van der Waals surface area contributed by atoms with E-state index in [0.29, 0.717) is 17.5 Å². The number of aromatic nitrogens is 3. The number of thioether (sulfide) groups is 1. The summed E-state index contributed by atoms with van der Waals surface area (Å²) in [5.74, 6) is 1.23. The number of aryl methyl sites for hydroxylation is 1. The van der Waals surface area contributed by atoms with Crippen molar-refractivity contribution in [3.8, 4) is 0 Å². The number of nitrogens with zero attached hydrogens (tertiary/aromatic N) is 3. The Bertz CT molecular complexity index is 617. The summed E-state index contributed by atoms with van der Waals surface area (Å²) >= 11 is 4.84. The third-order valence-electron chi connectivity index (χ3n) is 2.96. The molecule has 2 aromatic rings. The summed E-state index contributed by atoms with van der Waals surface area (Å²) in [5.41, 5.74) is 1.09. The van der Waals surface area contributed by atoms with Crippen LogP contribution < -0.4 is 0 Å². The molecule has 0 aliphatic heterocycles. The van der Waals surface area contributed by atoms with Crippen LogP contribution in [-0.2, 0) is 17.8 Å². The minimum atomic E-state index is 0.0543. The molecular formula is C14H17BrN4OS. The van der Waals surface area contributed by atoms with Crippen molar-refractivity contribution < 1.29 is 4.79 Å². The number of hydrogen-bond acceptors (Lipinski definition) is 4. The van der Waals surface area contributed by atoms with E-state index in [1.54, 1.807) is 11.9 Å². The normalized spacial score (nSPS) is 10.6. The van der Waals surface area contributed by atoms with Crippen molar-refractivity contribution in [2.75, 3.05) is 12.8 Å². The molecule has 0 atom stereocenters. The van der Waals surface area contributed by atoms with E-state index < -0.39 is 0 Å². The molecule has 1 amide bonds. The highest BCUT2D eigenvalue weighted by atomic mass is 79.9. The van der Waals surface area contributed by atoms with Gasteiger partial charge in [0.1, 0.15) is 5.82 Å². The Kier molecular flexibility index (Phi) is 5.81. The summed E-state index contributed by atoms with van der Waals surface area (Å²) in [5, 5.41) is 7.53. The van der Waals surface area contributed by atoms with Crippen LogP contribution in [0.1, 0.15) is 18.3 Å². The number of carbonyl (C=O) groups is 1. The van der Waals surface area contributed by atoms with Crippen LogP contribution in [-0.4, -0.2) is 38.8 Å². The highest BCUT2D eigenvalue weighted by Gasteiger charge is 2.12. The van der Waals surface area contributed by atoms with Gasteiger partial charge in [-0.3, -0.25) is 9.89 Å². The van der Waals surface area contributed by atoms with E-state index in [-0.39, 0.29) is 5.91 Å². The summed E-state index contributed by atoms with van der Waals surface area (Å²) in [6.07, 6.45) is 0.809. The van der Waals surface area contributed by atoms with Gasteiger partial charge in [0, 0.05) is 24.5 Å². The van der Waals surface area contributed by atoms with Crippen LogP contribution in [0.4, 0.5) is 0 Å². The fourth-order valence-corrected chi connectivity index (χ4v) is 2.88. The van der Waals surface area contributed by atoms with Gasteiger partial charge in [0.2, 0.25) is 11.1 Å². The summed E-state index contributed by atoms with van der Waals surface area (Å²) in [6.45, 7) is 2.58. The predicted molar refractivity (Wildman–Crippen MR) is 87.1 cm³/mol. The monoisotopic (exact) mass is 368 g/mol. The molecule has 0 aliphatic carbocycles. The van der Waals surface area contributed by atoms with Gasteiger partial charge in [0.25, 0.3) is 0 Å². The van der Waals surface area contributed by atoms with Crippen LogP contribution in [0, 0.1) is 0 Å². The zero-order valence-corrected chi connectivity index (χ0v) is 14.4. The van der Waals surface area contributed by atoms with E-state index in [0.717, 1.165) is 22.3 Å². The number of amides is 1. The number of carbonyl (C=O) groups excluding carboxylic acids is 1. The topological polar surface area (TPSA) is 61.9 Å². The van der Waals surface area contributed by atoms with Gasteiger partial charge in [-0.25, -0.2) is 4.98 Å². The summed E-state index contributed by atoms with van der Waals surface area (Å²) in [7, 11) is 1.80. The van der Waals surface area contributed by atoms with E-state index in [9.17, 15) is 4.79 Å². The molecular weight excluding hydrogens is 352 g/mol. The number of rotatable bonds is 6. The van der Waals surface area contributed by atoms with Crippen molar-refractivity contribution in [1.82, 2.24) is 20.1 Å². The SMILES string of the molecule is CCc1nc(SCC(=O)N(C)Cc2ccccc2Br)n[nH]1. The molecule has 7 heteroatoms. The van der Waals surface area contributed by atoms with E-state index in [2.05, 4.69) is 31.1 Å². The second-order valence-electron chi connectivity index (χ2n) is 4.55. The van der Waals surface area contributed by atoms with Crippen molar-refractivity contribution in [3.63, 3.8) is 0 Å². The molecule has 1 N–H and O–H groups in total. The predicted octanol–water partition coefficient (Wildman–Crippen LogP) is 2.88. The van der Waals surface area contributed by atoms with Gasteiger partial charge >= 0.3 is 0 Å². The van der Waals surface area contributed by atoms with Gasteiger partial charge in [-0.2, -0.15) is 0 Å². The molecule has 0 saturated heterocycles. The molecule has 1 aromatic carbocycles. The van der Waals surface area contributed by atoms with Crippen LogP contribution in [0.15, 0.2) is 33.9 Å². The first-order chi connectivity index (χ1) is 10.1. The first kappa shape index (κ1) is 16.0. The number of aromatic amines is 1. The lowest BCUT2D eigenvalue weighted by Gasteiger charge is -2.17. The number of halogens is 1. The molecule has 1 heterocycles. The Hall–Kier alpha value is -1.34. The molecule has 112 valence electrons. The maximum atomic E-state index is 12.1. The molecule has 0 spiro atoms. The zero-order valence-electron chi connectivity index (χ0n) is 12.0. The van der Waals surface area contributed by atoms with Gasteiger partial charge in [-0.15, -0.1) is 5.10 Å². The van der Waals surface area contributed by atoms with Crippen molar-refractivity contribution >= 4 is 33.6 Å². The van der Waals surface area contributed by atoms with Gasteiger partial charge in [0.15, 0.2) is 0 Å². The Balaban J connectivity index is 1.86. The summed E-state index contributed by atoms with van der Waals surface area (Å²) in [6, 6.07) is 7.90.